The molecule has 0 aliphatic heterocycles. The molecule has 4 N–H and O–H groups in total. The topological polar surface area (TPSA) is 92.4 Å². The van der Waals surface area contributed by atoms with Gasteiger partial charge < -0.3 is 10.8 Å². The third-order valence-electron chi connectivity index (χ3n) is 3.52. The maximum Gasteiger partial charge on any atom is 0.243 e. The minimum absolute atomic E-state index is 0.0190. The summed E-state index contributed by atoms with van der Waals surface area (Å²) in [6.45, 7) is 0.145. The number of aliphatic hydroxyl groups is 1. The molecule has 0 saturated heterocycles. The second-order valence-electron chi connectivity index (χ2n) is 5.08. The van der Waals surface area contributed by atoms with Gasteiger partial charge in [0.1, 0.15) is 4.90 Å². The van der Waals surface area contributed by atoms with Crippen LogP contribution in [0.4, 0.5) is 10.1 Å². The summed E-state index contributed by atoms with van der Waals surface area (Å²) in [6.07, 6.45) is 1.52. The van der Waals surface area contributed by atoms with Crippen molar-refractivity contribution in [3.63, 3.8) is 0 Å². The molecule has 0 amide bonds. The Kier molecular flexibility index (Phi) is 5.15. The van der Waals surface area contributed by atoms with E-state index in [-0.39, 0.29) is 27.6 Å². The highest BCUT2D eigenvalue weighted by molar-refractivity contribution is 9.10. The molecule has 0 radical (unpaired) electrons. The first-order chi connectivity index (χ1) is 9.72. The highest BCUT2D eigenvalue weighted by Crippen LogP contribution is 2.34. The molecule has 5 nitrogen and oxygen atoms in total. The lowest BCUT2D eigenvalue weighted by Crippen LogP contribution is -2.29. The molecule has 1 aromatic rings. The van der Waals surface area contributed by atoms with E-state index < -0.39 is 26.8 Å². The predicted octanol–water partition coefficient (Wildman–Crippen LogP) is 2.26. The molecule has 2 atom stereocenters. The maximum atomic E-state index is 14.0. The van der Waals surface area contributed by atoms with E-state index in [1.54, 1.807) is 0 Å². The number of nitrogens with one attached hydrogen (secondary N) is 1. The van der Waals surface area contributed by atoms with E-state index in [0.717, 1.165) is 12.5 Å². The summed E-state index contributed by atoms with van der Waals surface area (Å²) in [5, 5.41) is 9.44. The molecule has 21 heavy (non-hydrogen) atoms. The van der Waals surface area contributed by atoms with Crippen molar-refractivity contribution in [2.45, 2.75) is 30.3 Å². The van der Waals surface area contributed by atoms with Crippen LogP contribution in [-0.4, -0.2) is 26.2 Å². The molecule has 1 aliphatic carbocycles. The van der Waals surface area contributed by atoms with Gasteiger partial charge in [-0.25, -0.2) is 17.5 Å². The number of halogens is 3. The van der Waals surface area contributed by atoms with Crippen LogP contribution in [-0.2, 0) is 10.0 Å². The lowest BCUT2D eigenvalue weighted by Gasteiger charge is -2.13. The van der Waals surface area contributed by atoms with Gasteiger partial charge in [-0.3, -0.25) is 0 Å². The number of aliphatic hydroxyl groups excluding tert-OH is 1. The number of hydrogen-bond donors (Lipinski definition) is 3. The molecule has 1 fully saturated rings. The van der Waals surface area contributed by atoms with Crippen LogP contribution in [0.5, 0.6) is 0 Å². The lowest BCUT2D eigenvalue weighted by atomic mass is 10.1. The number of nitrogen functional groups attached to an aromatic ring is 1. The molecule has 9 heteroatoms. The molecule has 1 aromatic carbocycles. The Hall–Kier alpha value is -0.410. The highest BCUT2D eigenvalue weighted by Gasteiger charge is 2.27. The summed E-state index contributed by atoms with van der Waals surface area (Å²) >= 11 is 8.82. The molecule has 2 rings (SSSR count). The van der Waals surface area contributed by atoms with Crippen molar-refractivity contribution in [2.75, 3.05) is 12.3 Å². The van der Waals surface area contributed by atoms with Gasteiger partial charge in [-0.05, 0) is 47.2 Å². The number of hydrogen-bond acceptors (Lipinski definition) is 4. The fourth-order valence-electron chi connectivity index (χ4n) is 2.33. The molecule has 0 bridgehead atoms. The minimum atomic E-state index is -4.05. The summed E-state index contributed by atoms with van der Waals surface area (Å²) in [7, 11) is -4.05. The van der Waals surface area contributed by atoms with Crippen LogP contribution in [0, 0.1) is 11.7 Å². The largest absolute Gasteiger partial charge is 0.395 e. The van der Waals surface area contributed by atoms with Gasteiger partial charge >= 0.3 is 0 Å². The summed E-state index contributed by atoms with van der Waals surface area (Å²) in [5.41, 5.74) is 5.14. The third-order valence-corrected chi connectivity index (χ3v) is 6.33. The number of sulfonamides is 1. The predicted molar refractivity (Wildman–Crippen MR) is 82.1 cm³/mol. The van der Waals surface area contributed by atoms with Crippen molar-refractivity contribution < 1.29 is 17.9 Å². The van der Waals surface area contributed by atoms with Crippen LogP contribution in [0.2, 0.25) is 5.02 Å². The van der Waals surface area contributed by atoms with Crippen molar-refractivity contribution in [1.29, 1.82) is 0 Å². The van der Waals surface area contributed by atoms with Crippen molar-refractivity contribution in [3.05, 3.63) is 21.4 Å². The summed E-state index contributed by atoms with van der Waals surface area (Å²) < 4.78 is 40.8. The zero-order chi connectivity index (χ0) is 15.8. The molecule has 0 heterocycles. The normalized spacial score (nSPS) is 22.7. The Morgan fingerprint density at radius 1 is 1.52 bits per heavy atom. The first-order valence-electron chi connectivity index (χ1n) is 6.33. The van der Waals surface area contributed by atoms with E-state index in [0.29, 0.717) is 12.8 Å². The average Bonchev–Trinajstić information content (AvgIpc) is 2.84. The van der Waals surface area contributed by atoms with Crippen LogP contribution in [0.15, 0.2) is 15.4 Å². The van der Waals surface area contributed by atoms with Crippen molar-refractivity contribution in [1.82, 2.24) is 4.72 Å². The fraction of sp³-hybridized carbons (Fsp3) is 0.500. The number of nitrogens with two attached hydrogens (primary N) is 1. The van der Waals surface area contributed by atoms with Crippen LogP contribution >= 0.6 is 27.5 Å². The molecular weight excluding hydrogens is 387 g/mol. The van der Waals surface area contributed by atoms with Crippen molar-refractivity contribution >= 4 is 43.2 Å². The van der Waals surface area contributed by atoms with Gasteiger partial charge in [0.2, 0.25) is 10.0 Å². The standard InChI is InChI=1S/C12H15BrClFN2O3S/c13-10-8(14)4-9(11(15)12(10)16)21(19,20)17-5-6-1-2-7(18)3-6/h4,6-7,17-18H,1-3,5,16H2. The van der Waals surface area contributed by atoms with E-state index >= 15 is 0 Å². The molecule has 1 saturated carbocycles. The molecule has 0 spiro atoms. The summed E-state index contributed by atoms with van der Waals surface area (Å²) in [5.74, 6) is -0.994. The van der Waals surface area contributed by atoms with Crippen LogP contribution < -0.4 is 10.5 Å². The van der Waals surface area contributed by atoms with Crippen LogP contribution in [0.1, 0.15) is 19.3 Å². The minimum Gasteiger partial charge on any atom is -0.395 e. The smallest absolute Gasteiger partial charge is 0.243 e. The third kappa shape index (κ3) is 3.68. The molecule has 1 aliphatic rings. The monoisotopic (exact) mass is 400 g/mol. The lowest BCUT2D eigenvalue weighted by molar-refractivity contribution is 0.178. The summed E-state index contributed by atoms with van der Waals surface area (Å²) in [6, 6.07) is 1.02. The van der Waals surface area contributed by atoms with Gasteiger partial charge in [0.25, 0.3) is 0 Å². The van der Waals surface area contributed by atoms with Crippen LogP contribution in [0.25, 0.3) is 0 Å². The first-order valence-corrected chi connectivity index (χ1v) is 8.98. The Morgan fingerprint density at radius 2 is 2.19 bits per heavy atom. The van der Waals surface area contributed by atoms with Gasteiger partial charge in [-0.15, -0.1) is 0 Å². The van der Waals surface area contributed by atoms with Gasteiger partial charge in [-0.1, -0.05) is 11.6 Å². The van der Waals surface area contributed by atoms with E-state index in [4.69, 9.17) is 17.3 Å². The van der Waals surface area contributed by atoms with Gasteiger partial charge in [0, 0.05) is 6.54 Å². The second-order valence-corrected chi connectivity index (χ2v) is 8.02. The Labute approximate surface area is 135 Å². The summed E-state index contributed by atoms with van der Waals surface area (Å²) in [4.78, 5) is -0.577. The Morgan fingerprint density at radius 3 is 2.76 bits per heavy atom. The quantitative estimate of drug-likeness (QED) is 0.533. The Bertz CT molecular complexity index is 656. The SMILES string of the molecule is Nc1c(F)c(S(=O)(=O)NCC2CCC(O)C2)cc(Cl)c1Br. The van der Waals surface area contributed by atoms with E-state index in [2.05, 4.69) is 20.7 Å². The molecular formula is C12H15BrClFN2O3S. The van der Waals surface area contributed by atoms with Crippen molar-refractivity contribution in [3.8, 4) is 0 Å². The maximum absolute atomic E-state index is 14.0. The van der Waals surface area contributed by atoms with E-state index in [1.165, 1.54) is 0 Å². The zero-order valence-corrected chi connectivity index (χ0v) is 14.1. The highest BCUT2D eigenvalue weighted by atomic mass is 79.9. The van der Waals surface area contributed by atoms with E-state index in [9.17, 15) is 17.9 Å². The van der Waals surface area contributed by atoms with Crippen LogP contribution in [0.3, 0.4) is 0 Å². The van der Waals surface area contributed by atoms with Gasteiger partial charge in [0.05, 0.1) is 21.3 Å². The number of anilines is 1. The van der Waals surface area contributed by atoms with Crippen molar-refractivity contribution in [2.24, 2.45) is 5.92 Å². The van der Waals surface area contributed by atoms with Gasteiger partial charge in [-0.2, -0.15) is 0 Å². The molecule has 118 valence electrons. The molecule has 2 unspecified atom stereocenters. The average molecular weight is 402 g/mol. The molecule has 0 aromatic heterocycles. The van der Waals surface area contributed by atoms with Gasteiger partial charge in [0.15, 0.2) is 5.82 Å². The Balaban J connectivity index is 2.20. The number of rotatable bonds is 4. The second kappa shape index (κ2) is 6.37. The number of benzene rings is 1. The first kappa shape index (κ1) is 17.0. The zero-order valence-electron chi connectivity index (χ0n) is 10.9. The van der Waals surface area contributed by atoms with E-state index in [1.807, 2.05) is 0 Å². The fourth-order valence-corrected chi connectivity index (χ4v) is 4.13.